The zero-order valence-corrected chi connectivity index (χ0v) is 11.6. The molecule has 1 aliphatic carbocycles. The lowest BCUT2D eigenvalue weighted by atomic mass is 9.68. The van der Waals surface area contributed by atoms with Crippen LogP contribution in [0, 0.1) is 5.92 Å². The van der Waals surface area contributed by atoms with E-state index in [4.69, 9.17) is 15.2 Å². The summed E-state index contributed by atoms with van der Waals surface area (Å²) >= 11 is 0. The van der Waals surface area contributed by atoms with Crippen LogP contribution in [0.25, 0.3) is 0 Å². The normalized spacial score (nSPS) is 41.3. The minimum atomic E-state index is -0.0921. The second-order valence-corrected chi connectivity index (χ2v) is 6.78. The summed E-state index contributed by atoms with van der Waals surface area (Å²) < 4.78 is 12.0. The maximum atomic E-state index is 6.58. The lowest BCUT2D eigenvalue weighted by Crippen LogP contribution is -2.57. The Morgan fingerprint density at radius 3 is 2.50 bits per heavy atom. The summed E-state index contributed by atoms with van der Waals surface area (Å²) in [5.74, 6) is 0.585. The Balaban J connectivity index is 1.65. The third kappa shape index (κ3) is 2.21. The summed E-state index contributed by atoms with van der Waals surface area (Å²) in [5.41, 5.74) is 6.68. The highest BCUT2D eigenvalue weighted by atomic mass is 16.5. The molecule has 0 aromatic carbocycles. The van der Waals surface area contributed by atoms with E-state index in [9.17, 15) is 0 Å². The molecule has 2 aliphatic heterocycles. The summed E-state index contributed by atoms with van der Waals surface area (Å²) in [6.45, 7) is 4.01. The molecule has 3 atom stereocenters. The number of rotatable bonds is 2. The van der Waals surface area contributed by atoms with E-state index in [1.165, 1.54) is 32.1 Å². The minimum absolute atomic E-state index is 0.0921. The molecule has 0 radical (unpaired) electrons. The van der Waals surface area contributed by atoms with Crippen LogP contribution in [0.3, 0.4) is 0 Å². The van der Waals surface area contributed by atoms with Gasteiger partial charge in [-0.1, -0.05) is 0 Å². The Morgan fingerprint density at radius 1 is 1.06 bits per heavy atom. The van der Waals surface area contributed by atoms with Gasteiger partial charge < -0.3 is 15.2 Å². The van der Waals surface area contributed by atoms with Gasteiger partial charge in [0, 0.05) is 19.3 Å². The van der Waals surface area contributed by atoms with Crippen LogP contribution in [0.1, 0.15) is 58.3 Å². The van der Waals surface area contributed by atoms with Crippen molar-refractivity contribution in [2.24, 2.45) is 11.7 Å². The molecule has 0 bridgehead atoms. The molecule has 18 heavy (non-hydrogen) atoms. The molecule has 1 saturated carbocycles. The van der Waals surface area contributed by atoms with Crippen LogP contribution in [-0.2, 0) is 9.47 Å². The van der Waals surface area contributed by atoms with Crippen LogP contribution < -0.4 is 5.73 Å². The van der Waals surface area contributed by atoms with E-state index in [-0.39, 0.29) is 17.2 Å². The molecule has 3 rings (SSSR count). The predicted octanol–water partition coefficient (Wildman–Crippen LogP) is 2.62. The molecular formula is C15H27NO2. The Labute approximate surface area is 110 Å². The summed E-state index contributed by atoms with van der Waals surface area (Å²) in [6, 6.07) is 0.180. The van der Waals surface area contributed by atoms with E-state index in [1.807, 2.05) is 0 Å². The first-order valence-electron chi connectivity index (χ1n) is 7.67. The van der Waals surface area contributed by atoms with E-state index >= 15 is 0 Å². The summed E-state index contributed by atoms with van der Waals surface area (Å²) in [4.78, 5) is 0. The van der Waals surface area contributed by atoms with E-state index in [0.29, 0.717) is 5.92 Å². The average Bonchev–Trinajstić information content (AvgIpc) is 2.37. The molecule has 2 heterocycles. The molecular weight excluding hydrogens is 226 g/mol. The van der Waals surface area contributed by atoms with E-state index in [0.717, 1.165) is 32.5 Å². The van der Waals surface area contributed by atoms with Crippen LogP contribution in [-0.4, -0.2) is 30.5 Å². The largest absolute Gasteiger partial charge is 0.375 e. The van der Waals surface area contributed by atoms with Gasteiger partial charge in [-0.3, -0.25) is 0 Å². The molecule has 0 aromatic heterocycles. The fraction of sp³-hybridized carbons (Fsp3) is 1.00. The maximum absolute atomic E-state index is 6.58. The number of hydrogen-bond donors (Lipinski definition) is 1. The number of nitrogens with two attached hydrogens (primary N) is 1. The smallest absolute Gasteiger partial charge is 0.0807 e. The Hall–Kier alpha value is -0.120. The molecule has 3 fully saturated rings. The van der Waals surface area contributed by atoms with Gasteiger partial charge in [-0.25, -0.2) is 0 Å². The summed E-state index contributed by atoms with van der Waals surface area (Å²) in [5, 5.41) is 0. The molecule has 3 nitrogen and oxygen atoms in total. The van der Waals surface area contributed by atoms with Crippen molar-refractivity contribution in [3.8, 4) is 0 Å². The van der Waals surface area contributed by atoms with Crippen LogP contribution in [0.2, 0.25) is 0 Å². The molecule has 0 amide bonds. The molecule has 2 N–H and O–H groups in total. The zero-order valence-electron chi connectivity index (χ0n) is 11.6. The first kappa shape index (κ1) is 12.9. The Morgan fingerprint density at radius 2 is 1.89 bits per heavy atom. The Kier molecular flexibility index (Phi) is 3.41. The van der Waals surface area contributed by atoms with Gasteiger partial charge in [0.05, 0.1) is 11.2 Å². The fourth-order valence-electron chi connectivity index (χ4n) is 4.01. The third-order valence-electron chi connectivity index (χ3n) is 5.51. The van der Waals surface area contributed by atoms with Crippen LogP contribution in [0.4, 0.5) is 0 Å². The van der Waals surface area contributed by atoms with Crippen molar-refractivity contribution in [1.82, 2.24) is 0 Å². The highest BCUT2D eigenvalue weighted by molar-refractivity contribution is 5.01. The van der Waals surface area contributed by atoms with Crippen molar-refractivity contribution < 1.29 is 9.47 Å². The highest BCUT2D eigenvalue weighted by Crippen LogP contribution is 2.46. The minimum Gasteiger partial charge on any atom is -0.375 e. The number of ether oxygens (including phenoxy) is 2. The quantitative estimate of drug-likeness (QED) is 0.822. The van der Waals surface area contributed by atoms with Gasteiger partial charge in [0.15, 0.2) is 0 Å². The predicted molar refractivity (Wildman–Crippen MR) is 71.4 cm³/mol. The zero-order chi connectivity index (χ0) is 12.6. The molecule has 104 valence electrons. The van der Waals surface area contributed by atoms with Crippen molar-refractivity contribution >= 4 is 0 Å². The van der Waals surface area contributed by atoms with Gasteiger partial charge in [0.25, 0.3) is 0 Å². The Bertz CT molecular complexity index is 295. The van der Waals surface area contributed by atoms with E-state index in [1.54, 1.807) is 0 Å². The SMILES string of the molecule is CC1(C(N)C2CCOC3(CCC3)C2)CCCCO1. The van der Waals surface area contributed by atoms with Gasteiger partial charge in [-0.2, -0.15) is 0 Å². The van der Waals surface area contributed by atoms with Gasteiger partial charge in [0.2, 0.25) is 0 Å². The lowest BCUT2D eigenvalue weighted by molar-refractivity contribution is -0.163. The van der Waals surface area contributed by atoms with Crippen molar-refractivity contribution in [2.75, 3.05) is 13.2 Å². The van der Waals surface area contributed by atoms with E-state index < -0.39 is 0 Å². The van der Waals surface area contributed by atoms with Crippen molar-refractivity contribution in [1.29, 1.82) is 0 Å². The second-order valence-electron chi connectivity index (χ2n) is 6.78. The number of hydrogen-bond acceptors (Lipinski definition) is 3. The van der Waals surface area contributed by atoms with Crippen molar-refractivity contribution in [3.05, 3.63) is 0 Å². The average molecular weight is 253 g/mol. The molecule has 3 heteroatoms. The van der Waals surface area contributed by atoms with E-state index in [2.05, 4.69) is 6.92 Å². The maximum Gasteiger partial charge on any atom is 0.0807 e. The third-order valence-corrected chi connectivity index (χ3v) is 5.51. The van der Waals surface area contributed by atoms with Crippen LogP contribution in [0.15, 0.2) is 0 Å². The van der Waals surface area contributed by atoms with Gasteiger partial charge in [-0.15, -0.1) is 0 Å². The van der Waals surface area contributed by atoms with Crippen molar-refractivity contribution in [2.45, 2.75) is 75.5 Å². The monoisotopic (exact) mass is 253 g/mol. The summed E-state index contributed by atoms with van der Waals surface area (Å²) in [7, 11) is 0. The molecule has 2 saturated heterocycles. The van der Waals surface area contributed by atoms with Crippen molar-refractivity contribution in [3.63, 3.8) is 0 Å². The lowest BCUT2D eigenvalue weighted by Gasteiger charge is -2.51. The van der Waals surface area contributed by atoms with Gasteiger partial charge >= 0.3 is 0 Å². The molecule has 1 spiro atoms. The first-order chi connectivity index (χ1) is 8.64. The molecule has 3 unspecified atom stereocenters. The first-order valence-corrected chi connectivity index (χ1v) is 7.67. The second kappa shape index (κ2) is 4.77. The van der Waals surface area contributed by atoms with Crippen LogP contribution >= 0.6 is 0 Å². The van der Waals surface area contributed by atoms with Crippen LogP contribution in [0.5, 0.6) is 0 Å². The summed E-state index contributed by atoms with van der Waals surface area (Å²) in [6.07, 6.45) is 9.67. The van der Waals surface area contributed by atoms with Gasteiger partial charge in [-0.05, 0) is 64.2 Å². The van der Waals surface area contributed by atoms with Gasteiger partial charge in [0.1, 0.15) is 0 Å². The fourth-order valence-corrected chi connectivity index (χ4v) is 4.01. The standard InChI is InChI=1S/C15H27NO2/c1-14(6-2-3-9-17-14)13(16)12-5-10-18-15(11-12)7-4-8-15/h12-13H,2-11,16H2,1H3. The molecule has 3 aliphatic rings. The topological polar surface area (TPSA) is 44.5 Å². The molecule has 0 aromatic rings. The highest BCUT2D eigenvalue weighted by Gasteiger charge is 2.47.